The molecule has 0 rings (SSSR count). The number of hydrogen-bond acceptors (Lipinski definition) is 1. The van der Waals surface area contributed by atoms with Crippen molar-refractivity contribution < 1.29 is 8.78 Å². The maximum absolute atomic E-state index is 12.1. The molecule has 0 nitrogen and oxygen atoms in total. The van der Waals surface area contributed by atoms with Gasteiger partial charge in [0.05, 0.1) is 0 Å². The van der Waals surface area contributed by atoms with Crippen LogP contribution < -0.4 is 0 Å². The van der Waals surface area contributed by atoms with Crippen molar-refractivity contribution in [1.29, 1.82) is 0 Å². The molecule has 3 heteroatoms. The lowest BCUT2D eigenvalue weighted by Gasteiger charge is -2.15. The van der Waals surface area contributed by atoms with E-state index in [1.54, 1.807) is 0 Å². The fraction of sp³-hybridized carbons (Fsp3) is 1.00. The summed E-state index contributed by atoms with van der Waals surface area (Å²) in [6.45, 7) is 2.39. The molecule has 0 N–H and O–H groups in total. The van der Waals surface area contributed by atoms with Gasteiger partial charge in [-0.25, -0.2) is 8.78 Å². The van der Waals surface area contributed by atoms with Crippen molar-refractivity contribution in [1.82, 2.24) is 0 Å². The standard InChI is InChI=1S/C5H10F2S/c1-4(3-8)5(2,6)7/h4,8H,3H2,1-2H3. The van der Waals surface area contributed by atoms with Gasteiger partial charge in [-0.1, -0.05) is 6.92 Å². The summed E-state index contributed by atoms with van der Waals surface area (Å²) in [5, 5.41) is 0. The van der Waals surface area contributed by atoms with E-state index in [0.717, 1.165) is 6.92 Å². The molecule has 0 fully saturated rings. The van der Waals surface area contributed by atoms with Gasteiger partial charge in [-0.05, 0) is 12.7 Å². The lowest BCUT2D eigenvalue weighted by molar-refractivity contribution is -0.0230. The number of thiol groups is 1. The molecule has 1 unspecified atom stereocenters. The van der Waals surface area contributed by atoms with Gasteiger partial charge < -0.3 is 0 Å². The Morgan fingerprint density at radius 2 is 2.00 bits per heavy atom. The van der Waals surface area contributed by atoms with E-state index in [1.165, 1.54) is 6.92 Å². The minimum absolute atomic E-state index is 0.240. The molecular formula is C5H10F2S. The molecule has 0 aliphatic heterocycles. The Labute approximate surface area is 53.7 Å². The van der Waals surface area contributed by atoms with Gasteiger partial charge in [0.1, 0.15) is 0 Å². The monoisotopic (exact) mass is 140 g/mol. The average molecular weight is 140 g/mol. The number of hydrogen-bond donors (Lipinski definition) is 1. The highest BCUT2D eigenvalue weighted by Gasteiger charge is 2.28. The van der Waals surface area contributed by atoms with Crippen molar-refractivity contribution in [3.63, 3.8) is 0 Å². The normalized spacial score (nSPS) is 16.1. The van der Waals surface area contributed by atoms with E-state index in [-0.39, 0.29) is 5.75 Å². The van der Waals surface area contributed by atoms with Crippen molar-refractivity contribution in [3.8, 4) is 0 Å². The summed E-state index contributed by atoms with van der Waals surface area (Å²) in [6, 6.07) is 0. The zero-order valence-corrected chi connectivity index (χ0v) is 5.88. The number of halogens is 2. The summed E-state index contributed by atoms with van der Waals surface area (Å²) in [5.41, 5.74) is 0. The van der Waals surface area contributed by atoms with Gasteiger partial charge in [0, 0.05) is 5.92 Å². The van der Waals surface area contributed by atoms with Crippen LogP contribution in [0.15, 0.2) is 0 Å². The highest BCUT2D eigenvalue weighted by molar-refractivity contribution is 7.80. The molecular weight excluding hydrogens is 130 g/mol. The van der Waals surface area contributed by atoms with Gasteiger partial charge >= 0.3 is 0 Å². The van der Waals surface area contributed by atoms with Crippen LogP contribution >= 0.6 is 12.6 Å². The first kappa shape index (κ1) is 8.21. The van der Waals surface area contributed by atoms with Crippen molar-refractivity contribution in [3.05, 3.63) is 0 Å². The molecule has 0 aliphatic rings. The summed E-state index contributed by atoms with van der Waals surface area (Å²) < 4.78 is 24.1. The Hall–Kier alpha value is 0.210. The Morgan fingerprint density at radius 3 is 2.00 bits per heavy atom. The molecule has 0 radical (unpaired) electrons. The van der Waals surface area contributed by atoms with Crippen LogP contribution in [0.4, 0.5) is 8.78 Å². The quantitative estimate of drug-likeness (QED) is 0.558. The summed E-state index contributed by atoms with van der Waals surface area (Å²) >= 11 is 3.73. The van der Waals surface area contributed by atoms with Crippen LogP contribution in [0.3, 0.4) is 0 Å². The molecule has 0 aromatic heterocycles. The largest absolute Gasteiger partial charge is 0.248 e. The van der Waals surface area contributed by atoms with Crippen LogP contribution in [0.5, 0.6) is 0 Å². The second-order valence-corrected chi connectivity index (χ2v) is 2.41. The topological polar surface area (TPSA) is 0 Å². The molecule has 8 heavy (non-hydrogen) atoms. The number of rotatable bonds is 2. The minimum Gasteiger partial charge on any atom is -0.207 e. The molecule has 0 bridgehead atoms. The van der Waals surface area contributed by atoms with Crippen LogP contribution in [0.25, 0.3) is 0 Å². The van der Waals surface area contributed by atoms with Crippen molar-refractivity contribution in [2.45, 2.75) is 19.8 Å². The summed E-state index contributed by atoms with van der Waals surface area (Å²) in [6.07, 6.45) is 0. The second-order valence-electron chi connectivity index (χ2n) is 2.04. The smallest absolute Gasteiger partial charge is 0.207 e. The van der Waals surface area contributed by atoms with Gasteiger partial charge in [-0.15, -0.1) is 0 Å². The molecule has 50 valence electrons. The van der Waals surface area contributed by atoms with E-state index >= 15 is 0 Å². The first-order valence-electron chi connectivity index (χ1n) is 2.47. The predicted molar refractivity (Wildman–Crippen MR) is 33.6 cm³/mol. The van der Waals surface area contributed by atoms with E-state index in [1.807, 2.05) is 0 Å². The van der Waals surface area contributed by atoms with E-state index in [9.17, 15) is 8.78 Å². The van der Waals surface area contributed by atoms with Crippen LogP contribution in [-0.2, 0) is 0 Å². The highest BCUT2D eigenvalue weighted by Crippen LogP contribution is 2.23. The lowest BCUT2D eigenvalue weighted by Crippen LogP contribution is -2.22. The minimum atomic E-state index is -2.57. The summed E-state index contributed by atoms with van der Waals surface area (Å²) in [5.74, 6) is -2.95. The first-order valence-corrected chi connectivity index (χ1v) is 3.10. The van der Waals surface area contributed by atoms with Gasteiger partial charge in [0.15, 0.2) is 0 Å². The van der Waals surface area contributed by atoms with Gasteiger partial charge in [0.25, 0.3) is 0 Å². The van der Waals surface area contributed by atoms with Crippen molar-refractivity contribution >= 4 is 12.6 Å². The summed E-state index contributed by atoms with van der Waals surface area (Å²) in [7, 11) is 0. The summed E-state index contributed by atoms with van der Waals surface area (Å²) in [4.78, 5) is 0. The Bertz CT molecular complexity index is 67.3. The van der Waals surface area contributed by atoms with Crippen LogP contribution in [0, 0.1) is 5.92 Å². The predicted octanol–water partition coefficient (Wildman–Crippen LogP) is 2.21. The van der Waals surface area contributed by atoms with Crippen molar-refractivity contribution in [2.24, 2.45) is 5.92 Å². The highest BCUT2D eigenvalue weighted by atomic mass is 32.1. The SMILES string of the molecule is CC(CS)C(C)(F)F. The zero-order chi connectivity index (χ0) is 6.78. The zero-order valence-electron chi connectivity index (χ0n) is 4.99. The first-order chi connectivity index (χ1) is 3.48. The van der Waals surface area contributed by atoms with Crippen molar-refractivity contribution in [2.75, 3.05) is 5.75 Å². The fourth-order valence-corrected chi connectivity index (χ4v) is 0.481. The third kappa shape index (κ3) is 2.50. The lowest BCUT2D eigenvalue weighted by atomic mass is 10.1. The van der Waals surface area contributed by atoms with E-state index in [4.69, 9.17) is 0 Å². The molecule has 0 saturated heterocycles. The van der Waals surface area contributed by atoms with Crippen LogP contribution in [0.2, 0.25) is 0 Å². The second kappa shape index (κ2) is 2.67. The molecule has 0 amide bonds. The molecule has 0 aromatic rings. The molecule has 1 atom stereocenters. The van der Waals surface area contributed by atoms with E-state index < -0.39 is 11.8 Å². The molecule has 0 aliphatic carbocycles. The Balaban J connectivity index is 3.62. The van der Waals surface area contributed by atoms with Crippen LogP contribution in [0.1, 0.15) is 13.8 Å². The van der Waals surface area contributed by atoms with E-state index in [2.05, 4.69) is 12.6 Å². The maximum atomic E-state index is 12.1. The molecule has 0 saturated carbocycles. The number of alkyl halides is 2. The van der Waals surface area contributed by atoms with E-state index in [0.29, 0.717) is 0 Å². The van der Waals surface area contributed by atoms with Crippen LogP contribution in [-0.4, -0.2) is 11.7 Å². The van der Waals surface area contributed by atoms with Gasteiger partial charge in [-0.3, -0.25) is 0 Å². The maximum Gasteiger partial charge on any atom is 0.248 e. The average Bonchev–Trinajstić information content (AvgIpc) is 1.62. The van der Waals surface area contributed by atoms with Gasteiger partial charge in [-0.2, -0.15) is 12.6 Å². The molecule has 0 spiro atoms. The molecule has 0 heterocycles. The van der Waals surface area contributed by atoms with Gasteiger partial charge in [0.2, 0.25) is 5.92 Å². The molecule has 0 aromatic carbocycles. The third-order valence-corrected chi connectivity index (χ3v) is 1.69. The Kier molecular flexibility index (Phi) is 2.74. The Morgan fingerprint density at radius 1 is 1.62 bits per heavy atom. The fourth-order valence-electron chi connectivity index (χ4n) is 0.160. The third-order valence-electron chi connectivity index (χ3n) is 1.14.